The van der Waals surface area contributed by atoms with Gasteiger partial charge in [0, 0.05) is 11.6 Å². The molecule has 92 valence electrons. The van der Waals surface area contributed by atoms with Gasteiger partial charge in [0.25, 0.3) is 0 Å². The predicted molar refractivity (Wildman–Crippen MR) is 58.7 cm³/mol. The van der Waals surface area contributed by atoms with Crippen LogP contribution in [0.2, 0.25) is 0 Å². The van der Waals surface area contributed by atoms with E-state index >= 15 is 0 Å². The molecular weight excluding hydrogens is 227 g/mol. The number of aldehydes is 1. The molecule has 0 saturated heterocycles. The molecule has 0 aliphatic rings. The van der Waals surface area contributed by atoms with E-state index in [9.17, 15) is 14.0 Å². The first-order valence-electron chi connectivity index (χ1n) is 4.97. The van der Waals surface area contributed by atoms with Gasteiger partial charge in [0.15, 0.2) is 0 Å². The third kappa shape index (κ3) is 3.55. The molecule has 17 heavy (non-hydrogen) atoms. The Hall–Kier alpha value is -1.91. The number of rotatable bonds is 5. The summed E-state index contributed by atoms with van der Waals surface area (Å²) < 4.78 is 18.2. The van der Waals surface area contributed by atoms with Crippen LogP contribution >= 0.6 is 0 Å². The van der Waals surface area contributed by atoms with E-state index < -0.39 is 17.2 Å². The zero-order valence-electron chi connectivity index (χ0n) is 9.57. The van der Waals surface area contributed by atoms with Gasteiger partial charge in [0.05, 0.1) is 5.41 Å². The van der Waals surface area contributed by atoms with Gasteiger partial charge in [-0.1, -0.05) is 0 Å². The van der Waals surface area contributed by atoms with Crippen LogP contribution in [-0.4, -0.2) is 24.0 Å². The van der Waals surface area contributed by atoms with Crippen LogP contribution in [0.4, 0.5) is 4.39 Å². The van der Waals surface area contributed by atoms with Gasteiger partial charge in [-0.05, 0) is 26.0 Å². The van der Waals surface area contributed by atoms with Gasteiger partial charge in [0.2, 0.25) is 0 Å². The molecule has 0 radical (unpaired) electrons. The molecule has 0 amide bonds. The highest BCUT2D eigenvalue weighted by Gasteiger charge is 2.28. The summed E-state index contributed by atoms with van der Waals surface area (Å²) in [5, 5.41) is 8.86. The first-order valence-corrected chi connectivity index (χ1v) is 4.97. The fourth-order valence-electron chi connectivity index (χ4n) is 1.06. The number of carbonyl (C=O) groups excluding carboxylic acids is 1. The Morgan fingerprint density at radius 2 is 2.12 bits per heavy atom. The number of halogens is 1. The highest BCUT2D eigenvalue weighted by molar-refractivity contribution is 5.75. The number of hydrogen-bond donors (Lipinski definition) is 1. The Labute approximate surface area is 98.0 Å². The Morgan fingerprint density at radius 1 is 1.47 bits per heavy atom. The van der Waals surface area contributed by atoms with E-state index in [1.807, 2.05) is 0 Å². The Balaban J connectivity index is 2.79. The fourth-order valence-corrected chi connectivity index (χ4v) is 1.06. The summed E-state index contributed by atoms with van der Waals surface area (Å²) in [5.74, 6) is -1.47. The van der Waals surface area contributed by atoms with Crippen molar-refractivity contribution in [2.75, 3.05) is 6.61 Å². The van der Waals surface area contributed by atoms with Crippen molar-refractivity contribution in [1.82, 2.24) is 0 Å². The zero-order chi connectivity index (χ0) is 13.1. The van der Waals surface area contributed by atoms with Gasteiger partial charge in [-0.2, -0.15) is 0 Å². The van der Waals surface area contributed by atoms with Crippen molar-refractivity contribution >= 4 is 12.3 Å². The van der Waals surface area contributed by atoms with Crippen molar-refractivity contribution < 1.29 is 23.8 Å². The van der Waals surface area contributed by atoms with Gasteiger partial charge < -0.3 is 9.84 Å². The topological polar surface area (TPSA) is 63.6 Å². The van der Waals surface area contributed by atoms with Crippen LogP contribution < -0.4 is 4.74 Å². The normalized spacial score (nSPS) is 11.0. The lowest BCUT2D eigenvalue weighted by molar-refractivity contribution is -0.148. The van der Waals surface area contributed by atoms with Crippen LogP contribution in [0, 0.1) is 11.2 Å². The first-order chi connectivity index (χ1) is 7.85. The first kappa shape index (κ1) is 13.2. The van der Waals surface area contributed by atoms with Crippen LogP contribution in [0.1, 0.15) is 24.2 Å². The molecule has 0 aromatic heterocycles. The van der Waals surface area contributed by atoms with E-state index in [-0.39, 0.29) is 17.9 Å². The Bertz CT molecular complexity index is 440. The molecule has 5 heteroatoms. The minimum Gasteiger partial charge on any atom is -0.492 e. The van der Waals surface area contributed by atoms with Crippen LogP contribution in [0.25, 0.3) is 0 Å². The predicted octanol–water partition coefficient (Wildman–Crippen LogP) is 2.13. The van der Waals surface area contributed by atoms with Crippen molar-refractivity contribution in [2.45, 2.75) is 13.8 Å². The number of ether oxygens (including phenoxy) is 1. The lowest BCUT2D eigenvalue weighted by atomic mass is 9.95. The summed E-state index contributed by atoms with van der Waals surface area (Å²) in [6.07, 6.45) is 0.498. The lowest BCUT2D eigenvalue weighted by Gasteiger charge is -2.19. The zero-order valence-corrected chi connectivity index (χ0v) is 9.57. The number of carboxylic acid groups (broad SMARTS) is 1. The van der Waals surface area contributed by atoms with Crippen molar-refractivity contribution in [3.05, 3.63) is 29.6 Å². The smallest absolute Gasteiger partial charge is 0.312 e. The van der Waals surface area contributed by atoms with Gasteiger partial charge in [-0.25, -0.2) is 4.39 Å². The second-order valence-electron chi connectivity index (χ2n) is 4.32. The average Bonchev–Trinajstić information content (AvgIpc) is 2.25. The minimum absolute atomic E-state index is 0.107. The maximum Gasteiger partial charge on any atom is 0.312 e. The van der Waals surface area contributed by atoms with Gasteiger partial charge in [-0.15, -0.1) is 0 Å². The van der Waals surface area contributed by atoms with E-state index in [4.69, 9.17) is 9.84 Å². The third-order valence-electron chi connectivity index (χ3n) is 2.21. The summed E-state index contributed by atoms with van der Waals surface area (Å²) in [5.41, 5.74) is -0.929. The average molecular weight is 240 g/mol. The summed E-state index contributed by atoms with van der Waals surface area (Å²) in [7, 11) is 0. The molecule has 0 fully saturated rings. The molecule has 0 aliphatic heterocycles. The summed E-state index contributed by atoms with van der Waals surface area (Å²) >= 11 is 0. The lowest BCUT2D eigenvalue weighted by Crippen LogP contribution is -2.30. The molecule has 4 nitrogen and oxygen atoms in total. The van der Waals surface area contributed by atoms with Gasteiger partial charge in [0.1, 0.15) is 24.5 Å². The van der Waals surface area contributed by atoms with E-state index in [0.29, 0.717) is 6.29 Å². The number of hydrogen-bond acceptors (Lipinski definition) is 3. The van der Waals surface area contributed by atoms with E-state index in [1.54, 1.807) is 0 Å². The SMILES string of the molecule is CC(C)(COc1cc(F)cc(C=O)c1)C(=O)O. The molecular formula is C12H13FO4. The monoisotopic (exact) mass is 240 g/mol. The highest BCUT2D eigenvalue weighted by Crippen LogP contribution is 2.20. The van der Waals surface area contributed by atoms with Crippen LogP contribution in [0.5, 0.6) is 5.75 Å². The maximum absolute atomic E-state index is 13.0. The summed E-state index contributed by atoms with van der Waals surface area (Å²) in [4.78, 5) is 21.3. The van der Waals surface area contributed by atoms with Gasteiger partial charge in [-0.3, -0.25) is 9.59 Å². The van der Waals surface area contributed by atoms with Crippen LogP contribution in [-0.2, 0) is 4.79 Å². The third-order valence-corrected chi connectivity index (χ3v) is 2.21. The molecule has 0 heterocycles. The second kappa shape index (κ2) is 4.95. The van der Waals surface area contributed by atoms with E-state index in [0.717, 1.165) is 12.1 Å². The van der Waals surface area contributed by atoms with Crippen molar-refractivity contribution in [3.8, 4) is 5.75 Å². The van der Waals surface area contributed by atoms with Crippen LogP contribution in [0.15, 0.2) is 18.2 Å². The van der Waals surface area contributed by atoms with Crippen molar-refractivity contribution in [3.63, 3.8) is 0 Å². The summed E-state index contributed by atoms with van der Waals surface area (Å²) in [6, 6.07) is 3.53. The summed E-state index contributed by atoms with van der Waals surface area (Å²) in [6.45, 7) is 2.88. The standard InChI is InChI=1S/C12H13FO4/c1-12(2,11(15)16)7-17-10-4-8(6-14)3-9(13)5-10/h3-6H,7H2,1-2H3,(H,15,16). The molecule has 0 bridgehead atoms. The van der Waals surface area contributed by atoms with E-state index in [1.165, 1.54) is 19.9 Å². The molecule has 0 saturated carbocycles. The minimum atomic E-state index is -1.08. The molecule has 0 unspecified atom stereocenters. The molecule has 1 aromatic rings. The van der Waals surface area contributed by atoms with E-state index in [2.05, 4.69) is 0 Å². The van der Waals surface area contributed by atoms with Crippen molar-refractivity contribution in [1.29, 1.82) is 0 Å². The number of carbonyl (C=O) groups is 2. The largest absolute Gasteiger partial charge is 0.492 e. The van der Waals surface area contributed by atoms with Crippen LogP contribution in [0.3, 0.4) is 0 Å². The molecule has 1 N–H and O–H groups in total. The molecule has 0 spiro atoms. The maximum atomic E-state index is 13.0. The van der Waals surface area contributed by atoms with Crippen molar-refractivity contribution in [2.24, 2.45) is 5.41 Å². The Morgan fingerprint density at radius 3 is 2.65 bits per heavy atom. The number of aliphatic carboxylic acids is 1. The molecule has 0 atom stereocenters. The highest BCUT2D eigenvalue weighted by atomic mass is 19.1. The van der Waals surface area contributed by atoms with Gasteiger partial charge >= 0.3 is 5.97 Å². The quantitative estimate of drug-likeness (QED) is 0.801. The second-order valence-corrected chi connectivity index (χ2v) is 4.32. The number of carboxylic acids is 1. The molecule has 1 aromatic carbocycles. The molecule has 0 aliphatic carbocycles. The molecule has 1 rings (SSSR count). The number of benzene rings is 1. The Kier molecular flexibility index (Phi) is 3.83. The fraction of sp³-hybridized carbons (Fsp3) is 0.333.